The molecule has 1 N–H and O–H groups in total. The van der Waals surface area contributed by atoms with E-state index in [0.717, 1.165) is 25.9 Å². The lowest BCUT2D eigenvalue weighted by molar-refractivity contribution is -0.110. The summed E-state index contributed by atoms with van der Waals surface area (Å²) in [5.41, 5.74) is 4.01. The van der Waals surface area contributed by atoms with Crippen LogP contribution in [-0.2, 0) is 11.4 Å². The summed E-state index contributed by atoms with van der Waals surface area (Å²) in [4.78, 5) is 12.5. The van der Waals surface area contributed by atoms with Crippen molar-refractivity contribution in [2.75, 3.05) is 11.9 Å². The van der Waals surface area contributed by atoms with Crippen LogP contribution in [0.1, 0.15) is 23.6 Å². The molecule has 0 atom stereocenters. The number of carbonyl (C=O) groups is 1. The van der Waals surface area contributed by atoms with E-state index in [-0.39, 0.29) is 12.5 Å². The summed E-state index contributed by atoms with van der Waals surface area (Å²) in [6.45, 7) is 2.68. The summed E-state index contributed by atoms with van der Waals surface area (Å²) in [6.07, 6.45) is 1.87. The van der Waals surface area contributed by atoms with Gasteiger partial charge in [0.2, 0.25) is 0 Å². The summed E-state index contributed by atoms with van der Waals surface area (Å²) in [5.74, 6) is 1.12. The molecule has 0 radical (unpaired) electrons. The van der Waals surface area contributed by atoms with E-state index in [1.54, 1.807) is 12.1 Å². The number of ether oxygens (including phenoxy) is 2. The number of para-hydroxylation sites is 1. The molecule has 158 valence electrons. The van der Waals surface area contributed by atoms with Crippen LogP contribution in [0.15, 0.2) is 54.6 Å². The molecule has 1 heterocycles. The van der Waals surface area contributed by atoms with Crippen molar-refractivity contribution in [2.24, 2.45) is 0 Å². The smallest absolute Gasteiger partial charge is 0.256 e. The molecule has 31 heavy (non-hydrogen) atoms. The lowest BCUT2D eigenvalue weighted by Gasteiger charge is -2.15. The van der Waals surface area contributed by atoms with Gasteiger partial charge in [0, 0.05) is 32.4 Å². The van der Waals surface area contributed by atoms with Crippen molar-refractivity contribution in [1.29, 1.82) is 0 Å². The summed E-state index contributed by atoms with van der Waals surface area (Å²) < 4.78 is 12.8. The van der Waals surface area contributed by atoms with Crippen LogP contribution in [0, 0.1) is 3.57 Å². The lowest BCUT2D eigenvalue weighted by atomic mass is 10.0. The zero-order chi connectivity index (χ0) is 22.0. The second-order valence-corrected chi connectivity index (χ2v) is 8.85. The molecule has 4 rings (SSSR count). The Balaban J connectivity index is 1.66. The number of amides is 1. The number of fused-ring (bicyclic) bond motifs is 1. The molecule has 0 saturated heterocycles. The minimum Gasteiger partial charge on any atom is -0.490 e. The molecule has 1 aliphatic rings. The maximum absolute atomic E-state index is 12.5. The highest BCUT2D eigenvalue weighted by Gasteiger charge is 2.23. The molecular formula is C24H18Cl2INO3. The third-order valence-electron chi connectivity index (χ3n) is 4.74. The van der Waals surface area contributed by atoms with Gasteiger partial charge in [0.25, 0.3) is 5.91 Å². The van der Waals surface area contributed by atoms with E-state index in [2.05, 4.69) is 27.9 Å². The molecule has 0 aliphatic carbocycles. The third-order valence-corrected chi connectivity index (χ3v) is 6.13. The van der Waals surface area contributed by atoms with E-state index in [4.69, 9.17) is 32.7 Å². The van der Waals surface area contributed by atoms with Gasteiger partial charge in [-0.3, -0.25) is 4.79 Å². The SMILES string of the molecule is CCOc1cc(/C=C2\C(=O)Nc3ccccc32)cc(I)c1OCc1ccc(Cl)cc1Cl. The van der Waals surface area contributed by atoms with E-state index < -0.39 is 0 Å². The number of halogens is 3. The van der Waals surface area contributed by atoms with Gasteiger partial charge in [-0.25, -0.2) is 0 Å². The van der Waals surface area contributed by atoms with Gasteiger partial charge in [0.15, 0.2) is 11.5 Å². The van der Waals surface area contributed by atoms with Crippen molar-refractivity contribution >= 4 is 69.0 Å². The van der Waals surface area contributed by atoms with Crippen LogP contribution < -0.4 is 14.8 Å². The number of hydrogen-bond acceptors (Lipinski definition) is 3. The number of nitrogens with one attached hydrogen (secondary N) is 1. The zero-order valence-corrected chi connectivity index (χ0v) is 20.2. The predicted octanol–water partition coefficient (Wildman–Crippen LogP) is 7.07. The monoisotopic (exact) mass is 565 g/mol. The molecule has 0 saturated carbocycles. The first kappa shape index (κ1) is 22.0. The topological polar surface area (TPSA) is 47.6 Å². The fourth-order valence-corrected chi connectivity index (χ4v) is 4.56. The fourth-order valence-electron chi connectivity index (χ4n) is 3.31. The van der Waals surface area contributed by atoms with Crippen molar-refractivity contribution in [3.8, 4) is 11.5 Å². The first-order valence-electron chi connectivity index (χ1n) is 9.61. The van der Waals surface area contributed by atoms with Crippen molar-refractivity contribution in [3.05, 3.63) is 84.9 Å². The molecule has 0 unspecified atom stereocenters. The van der Waals surface area contributed by atoms with Gasteiger partial charge >= 0.3 is 0 Å². The average molecular weight is 566 g/mol. The normalized spacial score (nSPS) is 13.8. The summed E-state index contributed by atoms with van der Waals surface area (Å²) in [6, 6.07) is 16.8. The number of hydrogen-bond donors (Lipinski definition) is 1. The summed E-state index contributed by atoms with van der Waals surface area (Å²) >= 11 is 14.5. The van der Waals surface area contributed by atoms with E-state index in [1.165, 1.54) is 0 Å². The van der Waals surface area contributed by atoms with Crippen LogP contribution in [-0.4, -0.2) is 12.5 Å². The Morgan fingerprint density at radius 2 is 1.87 bits per heavy atom. The number of anilines is 1. The highest BCUT2D eigenvalue weighted by molar-refractivity contribution is 14.1. The molecule has 1 aliphatic heterocycles. The Kier molecular flexibility index (Phi) is 6.74. The molecule has 0 fully saturated rings. The zero-order valence-electron chi connectivity index (χ0n) is 16.5. The fraction of sp³-hybridized carbons (Fsp3) is 0.125. The van der Waals surface area contributed by atoms with Gasteiger partial charge in [0.05, 0.1) is 10.2 Å². The first-order chi connectivity index (χ1) is 15.0. The minimum atomic E-state index is -0.119. The molecule has 0 bridgehead atoms. The maximum atomic E-state index is 12.5. The van der Waals surface area contributed by atoms with Gasteiger partial charge in [-0.05, 0) is 71.5 Å². The first-order valence-corrected chi connectivity index (χ1v) is 11.4. The molecule has 0 aromatic heterocycles. The lowest BCUT2D eigenvalue weighted by Crippen LogP contribution is -2.04. The minimum absolute atomic E-state index is 0.119. The molecule has 7 heteroatoms. The van der Waals surface area contributed by atoms with Gasteiger partial charge in [0.1, 0.15) is 6.61 Å². The van der Waals surface area contributed by atoms with E-state index in [1.807, 2.05) is 55.5 Å². The molecule has 0 spiro atoms. The second kappa shape index (κ2) is 9.51. The standard InChI is InChI=1S/C24H18Cl2INO3/c1-2-30-22-11-14(9-18-17-5-3-4-6-21(17)28-24(18)29)10-20(27)23(22)31-13-15-7-8-16(25)12-19(15)26/h3-12H,2,13H2,1H3,(H,28,29)/b18-9-. The van der Waals surface area contributed by atoms with Crippen LogP contribution in [0.2, 0.25) is 10.0 Å². The summed E-state index contributed by atoms with van der Waals surface area (Å²) in [5, 5.41) is 4.02. The van der Waals surface area contributed by atoms with Gasteiger partial charge in [-0.15, -0.1) is 0 Å². The Hall–Kier alpha value is -2.22. The average Bonchev–Trinajstić information content (AvgIpc) is 3.04. The third kappa shape index (κ3) is 4.84. The van der Waals surface area contributed by atoms with Crippen molar-refractivity contribution in [1.82, 2.24) is 0 Å². The Labute approximate surface area is 204 Å². The van der Waals surface area contributed by atoms with Gasteiger partial charge in [-0.2, -0.15) is 0 Å². The Morgan fingerprint density at radius 3 is 2.65 bits per heavy atom. The molecule has 3 aromatic carbocycles. The second-order valence-electron chi connectivity index (χ2n) is 6.85. The van der Waals surface area contributed by atoms with Crippen LogP contribution >= 0.6 is 45.8 Å². The summed E-state index contributed by atoms with van der Waals surface area (Å²) in [7, 11) is 0. The molecule has 4 nitrogen and oxygen atoms in total. The van der Waals surface area contributed by atoms with Crippen LogP contribution in [0.3, 0.4) is 0 Å². The number of rotatable bonds is 6. The Bertz CT molecular complexity index is 1190. The highest BCUT2D eigenvalue weighted by Crippen LogP contribution is 2.38. The van der Waals surface area contributed by atoms with E-state index in [0.29, 0.717) is 33.7 Å². The number of benzene rings is 3. The maximum Gasteiger partial charge on any atom is 0.256 e. The van der Waals surface area contributed by atoms with Crippen molar-refractivity contribution < 1.29 is 14.3 Å². The van der Waals surface area contributed by atoms with E-state index >= 15 is 0 Å². The highest BCUT2D eigenvalue weighted by atomic mass is 127. The van der Waals surface area contributed by atoms with E-state index in [9.17, 15) is 4.79 Å². The Morgan fingerprint density at radius 1 is 1.06 bits per heavy atom. The van der Waals surface area contributed by atoms with Crippen LogP contribution in [0.25, 0.3) is 11.6 Å². The van der Waals surface area contributed by atoms with Gasteiger partial charge in [-0.1, -0.05) is 47.5 Å². The molecular weight excluding hydrogens is 548 g/mol. The quantitative estimate of drug-likeness (QED) is 0.257. The van der Waals surface area contributed by atoms with Crippen LogP contribution in [0.4, 0.5) is 5.69 Å². The largest absolute Gasteiger partial charge is 0.490 e. The number of carbonyl (C=O) groups excluding carboxylic acids is 1. The van der Waals surface area contributed by atoms with Gasteiger partial charge < -0.3 is 14.8 Å². The van der Waals surface area contributed by atoms with Crippen molar-refractivity contribution in [2.45, 2.75) is 13.5 Å². The van der Waals surface area contributed by atoms with Crippen molar-refractivity contribution in [3.63, 3.8) is 0 Å². The van der Waals surface area contributed by atoms with Crippen LogP contribution in [0.5, 0.6) is 11.5 Å². The molecule has 1 amide bonds. The predicted molar refractivity (Wildman–Crippen MR) is 134 cm³/mol. The molecule has 3 aromatic rings.